The Balaban J connectivity index is 2.29. The lowest BCUT2D eigenvalue weighted by Crippen LogP contribution is -2.34. The number of nitro groups is 1. The smallest absolute Gasteiger partial charge is 0.293 e. The van der Waals surface area contributed by atoms with Crippen LogP contribution in [-0.4, -0.2) is 33.4 Å². The number of hydrogen-bond donors (Lipinski definition) is 3. The van der Waals surface area contributed by atoms with E-state index in [0.717, 1.165) is 6.07 Å². The molecule has 0 amide bonds. The minimum atomic E-state index is -0.964. The molecule has 0 heterocycles. The molecule has 0 saturated heterocycles. The predicted octanol–water partition coefficient (Wildman–Crippen LogP) is 2.20. The average Bonchev–Trinajstić information content (AvgIpc) is 2.65. The highest BCUT2D eigenvalue weighted by molar-refractivity contribution is 6.42. The third-order valence-corrected chi connectivity index (χ3v) is 3.88. The average molecular weight is 307 g/mol. The summed E-state index contributed by atoms with van der Waals surface area (Å²) in [5, 5.41) is 33.3. The second kappa shape index (κ2) is 5.50. The maximum absolute atomic E-state index is 11.0. The Morgan fingerprint density at radius 1 is 1.26 bits per heavy atom. The van der Waals surface area contributed by atoms with Gasteiger partial charge in [-0.2, -0.15) is 0 Å². The highest BCUT2D eigenvalue weighted by Crippen LogP contribution is 2.35. The van der Waals surface area contributed by atoms with Crippen molar-refractivity contribution in [1.82, 2.24) is 0 Å². The van der Waals surface area contributed by atoms with E-state index < -0.39 is 23.2 Å². The van der Waals surface area contributed by atoms with Crippen molar-refractivity contribution in [3.8, 4) is 0 Å². The molecule has 2 unspecified atom stereocenters. The van der Waals surface area contributed by atoms with Crippen molar-refractivity contribution in [3.63, 3.8) is 0 Å². The predicted molar refractivity (Wildman–Crippen MR) is 71.8 cm³/mol. The molecule has 3 atom stereocenters. The van der Waals surface area contributed by atoms with Crippen LogP contribution in [0.3, 0.4) is 0 Å². The van der Waals surface area contributed by atoms with Gasteiger partial charge in [0.2, 0.25) is 0 Å². The Morgan fingerprint density at radius 3 is 2.42 bits per heavy atom. The van der Waals surface area contributed by atoms with Crippen LogP contribution in [0.5, 0.6) is 0 Å². The Hall–Kier alpha value is -1.08. The molecule has 2 rings (SSSR count). The van der Waals surface area contributed by atoms with Gasteiger partial charge < -0.3 is 15.5 Å². The van der Waals surface area contributed by atoms with Crippen LogP contribution in [0.1, 0.15) is 12.8 Å². The van der Waals surface area contributed by atoms with Crippen molar-refractivity contribution < 1.29 is 15.1 Å². The van der Waals surface area contributed by atoms with Crippen LogP contribution in [0, 0.1) is 10.1 Å². The SMILES string of the molecule is O=[N+]([O-])c1cc(Cl)c(Cl)cc1N[C@@H]1CCC(O)C1O. The van der Waals surface area contributed by atoms with Crippen molar-refractivity contribution in [2.45, 2.75) is 31.1 Å². The van der Waals surface area contributed by atoms with Gasteiger partial charge in [-0.05, 0) is 18.9 Å². The molecule has 1 aromatic rings. The summed E-state index contributed by atoms with van der Waals surface area (Å²) in [5.74, 6) is 0. The third kappa shape index (κ3) is 2.92. The van der Waals surface area contributed by atoms with Gasteiger partial charge in [0, 0.05) is 6.07 Å². The van der Waals surface area contributed by atoms with Crippen LogP contribution in [0.25, 0.3) is 0 Å². The summed E-state index contributed by atoms with van der Waals surface area (Å²) in [5.41, 5.74) is -0.0412. The zero-order valence-electron chi connectivity index (χ0n) is 9.72. The molecular weight excluding hydrogens is 295 g/mol. The summed E-state index contributed by atoms with van der Waals surface area (Å²) in [4.78, 5) is 10.4. The van der Waals surface area contributed by atoms with Gasteiger partial charge in [0.15, 0.2) is 0 Å². The largest absolute Gasteiger partial charge is 0.390 e. The first-order valence-electron chi connectivity index (χ1n) is 5.66. The second-order valence-corrected chi connectivity index (χ2v) is 5.24. The lowest BCUT2D eigenvalue weighted by atomic mass is 10.1. The molecule has 1 aliphatic rings. The number of hydrogen-bond acceptors (Lipinski definition) is 5. The zero-order valence-corrected chi connectivity index (χ0v) is 11.2. The number of nitrogens with zero attached hydrogens (tertiary/aromatic N) is 1. The lowest BCUT2D eigenvalue weighted by Gasteiger charge is -2.19. The molecule has 6 nitrogen and oxygen atoms in total. The van der Waals surface area contributed by atoms with Gasteiger partial charge in [-0.3, -0.25) is 10.1 Å². The lowest BCUT2D eigenvalue weighted by molar-refractivity contribution is -0.384. The van der Waals surface area contributed by atoms with Crippen LogP contribution in [0.15, 0.2) is 12.1 Å². The van der Waals surface area contributed by atoms with Crippen LogP contribution < -0.4 is 5.32 Å². The standard InChI is InChI=1S/C11H12Cl2N2O4/c12-5-3-8(9(15(18)19)4-6(5)13)14-7-1-2-10(16)11(7)17/h3-4,7,10-11,14,16-17H,1-2H2/t7-,10?,11?/m1/s1. The molecule has 0 bridgehead atoms. The summed E-state index contributed by atoms with van der Waals surface area (Å²) < 4.78 is 0. The molecule has 1 aliphatic carbocycles. The molecule has 8 heteroatoms. The van der Waals surface area contributed by atoms with Crippen molar-refractivity contribution in [2.75, 3.05) is 5.32 Å². The van der Waals surface area contributed by atoms with Crippen molar-refractivity contribution in [3.05, 3.63) is 32.3 Å². The van der Waals surface area contributed by atoms with Gasteiger partial charge in [-0.1, -0.05) is 23.2 Å². The van der Waals surface area contributed by atoms with Gasteiger partial charge in [0.1, 0.15) is 5.69 Å². The first-order valence-corrected chi connectivity index (χ1v) is 6.42. The van der Waals surface area contributed by atoms with Crippen LogP contribution in [0.2, 0.25) is 10.0 Å². The quantitative estimate of drug-likeness (QED) is 0.587. The maximum atomic E-state index is 11.0. The number of benzene rings is 1. The number of rotatable bonds is 3. The highest BCUT2D eigenvalue weighted by atomic mass is 35.5. The van der Waals surface area contributed by atoms with Crippen molar-refractivity contribution in [2.24, 2.45) is 0 Å². The van der Waals surface area contributed by atoms with E-state index in [1.54, 1.807) is 0 Å². The monoisotopic (exact) mass is 306 g/mol. The fourth-order valence-electron chi connectivity index (χ4n) is 2.12. The van der Waals surface area contributed by atoms with Crippen molar-refractivity contribution >= 4 is 34.6 Å². The normalized spacial score (nSPS) is 26.4. The van der Waals surface area contributed by atoms with Gasteiger partial charge in [-0.25, -0.2) is 0 Å². The maximum Gasteiger partial charge on any atom is 0.293 e. The Bertz CT molecular complexity index is 512. The number of aliphatic hydroxyl groups is 2. The summed E-state index contributed by atoms with van der Waals surface area (Å²) in [6, 6.07) is 2.05. The Kier molecular flexibility index (Phi) is 4.15. The fourth-order valence-corrected chi connectivity index (χ4v) is 2.44. The van der Waals surface area contributed by atoms with Gasteiger partial charge >= 0.3 is 0 Å². The first-order chi connectivity index (χ1) is 8.90. The Morgan fingerprint density at radius 2 is 1.89 bits per heavy atom. The van der Waals surface area contributed by atoms with Gasteiger partial charge in [-0.15, -0.1) is 0 Å². The van der Waals surface area contributed by atoms with E-state index in [1.807, 2.05) is 0 Å². The molecule has 19 heavy (non-hydrogen) atoms. The molecule has 3 N–H and O–H groups in total. The second-order valence-electron chi connectivity index (χ2n) is 4.43. The number of anilines is 1. The molecular formula is C11H12Cl2N2O4. The van der Waals surface area contributed by atoms with E-state index in [-0.39, 0.29) is 21.4 Å². The van der Waals surface area contributed by atoms with E-state index >= 15 is 0 Å². The molecule has 1 fully saturated rings. The Labute approximate surface area is 119 Å². The highest BCUT2D eigenvalue weighted by Gasteiger charge is 2.34. The molecule has 104 valence electrons. The minimum absolute atomic E-state index is 0.0888. The summed E-state index contributed by atoms with van der Waals surface area (Å²) in [6.45, 7) is 0. The molecule has 0 radical (unpaired) electrons. The summed E-state index contributed by atoms with van der Waals surface area (Å²) in [7, 11) is 0. The van der Waals surface area contributed by atoms with Crippen LogP contribution >= 0.6 is 23.2 Å². The number of halogens is 2. The number of aliphatic hydroxyl groups excluding tert-OH is 2. The van der Waals surface area contributed by atoms with E-state index in [2.05, 4.69) is 5.32 Å². The zero-order chi connectivity index (χ0) is 14.2. The molecule has 0 aliphatic heterocycles. The summed E-state index contributed by atoms with van der Waals surface area (Å²) >= 11 is 11.6. The van der Waals surface area contributed by atoms with E-state index in [0.29, 0.717) is 12.8 Å². The first kappa shape index (κ1) is 14.3. The third-order valence-electron chi connectivity index (χ3n) is 3.16. The van der Waals surface area contributed by atoms with E-state index in [1.165, 1.54) is 6.07 Å². The van der Waals surface area contributed by atoms with Gasteiger partial charge in [0.25, 0.3) is 5.69 Å². The summed E-state index contributed by atoms with van der Waals surface area (Å²) in [6.07, 6.45) is -0.832. The molecule has 1 saturated carbocycles. The van der Waals surface area contributed by atoms with E-state index in [4.69, 9.17) is 23.2 Å². The minimum Gasteiger partial charge on any atom is -0.390 e. The molecule has 0 aromatic heterocycles. The van der Waals surface area contributed by atoms with E-state index in [9.17, 15) is 20.3 Å². The topological polar surface area (TPSA) is 95.6 Å². The number of nitro benzene ring substituents is 1. The van der Waals surface area contributed by atoms with Crippen LogP contribution in [0.4, 0.5) is 11.4 Å². The fraction of sp³-hybridized carbons (Fsp3) is 0.455. The van der Waals surface area contributed by atoms with Gasteiger partial charge in [0.05, 0.1) is 33.2 Å². The van der Waals surface area contributed by atoms with Crippen molar-refractivity contribution in [1.29, 1.82) is 0 Å². The number of nitrogens with one attached hydrogen (secondary N) is 1. The molecule has 1 aromatic carbocycles. The van der Waals surface area contributed by atoms with Crippen LogP contribution in [-0.2, 0) is 0 Å². The molecule has 0 spiro atoms.